The molecule has 0 aliphatic heterocycles. The van der Waals surface area contributed by atoms with E-state index in [2.05, 4.69) is 20.8 Å². The van der Waals surface area contributed by atoms with Crippen LogP contribution < -0.4 is 4.74 Å². The summed E-state index contributed by atoms with van der Waals surface area (Å²) in [6.07, 6.45) is 3.79. The van der Waals surface area contributed by atoms with Crippen LogP contribution in [0, 0.1) is 29.6 Å². The third-order valence-electron chi connectivity index (χ3n) is 7.89. The van der Waals surface area contributed by atoms with Crippen molar-refractivity contribution in [2.45, 2.75) is 58.7 Å². The Labute approximate surface area is 177 Å². The van der Waals surface area contributed by atoms with Crippen LogP contribution in [0.1, 0.15) is 56.0 Å². The highest BCUT2D eigenvalue weighted by Crippen LogP contribution is 2.68. The molecule has 0 radical (unpaired) electrons. The van der Waals surface area contributed by atoms with E-state index in [0.29, 0.717) is 29.2 Å². The van der Waals surface area contributed by atoms with Crippen LogP contribution in [0.4, 0.5) is 0 Å². The summed E-state index contributed by atoms with van der Waals surface area (Å²) in [6, 6.07) is 3.02. The van der Waals surface area contributed by atoms with Crippen LogP contribution in [0.15, 0.2) is 23.8 Å². The highest BCUT2D eigenvalue weighted by atomic mass is 16.6. The summed E-state index contributed by atoms with van der Waals surface area (Å²) in [7, 11) is 1.49. The Balaban J connectivity index is 1.63. The molecule has 164 valence electrons. The highest BCUT2D eigenvalue weighted by Gasteiger charge is 2.72. The molecule has 2 fully saturated rings. The zero-order valence-corrected chi connectivity index (χ0v) is 18.4. The van der Waals surface area contributed by atoms with Gasteiger partial charge in [0, 0.05) is 11.5 Å². The van der Waals surface area contributed by atoms with E-state index in [4.69, 9.17) is 9.47 Å². The number of esters is 1. The molecule has 0 aromatic heterocycles. The first-order valence-electron chi connectivity index (χ1n) is 10.6. The van der Waals surface area contributed by atoms with Crippen LogP contribution in [0.2, 0.25) is 0 Å². The fourth-order valence-electron chi connectivity index (χ4n) is 6.41. The average Bonchev–Trinajstić information content (AvgIpc) is 2.98. The number of fused-ring (bicyclic) bond motifs is 3. The van der Waals surface area contributed by atoms with Crippen LogP contribution in [-0.4, -0.2) is 46.7 Å². The molecule has 1 aromatic carbocycles. The van der Waals surface area contributed by atoms with Gasteiger partial charge in [-0.15, -0.1) is 0 Å². The topological polar surface area (TPSA) is 96.2 Å². The second-order valence-corrected chi connectivity index (χ2v) is 10.3. The molecule has 0 saturated heterocycles. The molecule has 0 heterocycles. The number of aryl methyl sites for hydroxylation is 1. The minimum Gasteiger partial charge on any atom is -0.507 e. The van der Waals surface area contributed by atoms with Gasteiger partial charge in [0.25, 0.3) is 0 Å². The quantitative estimate of drug-likeness (QED) is 0.515. The van der Waals surface area contributed by atoms with Gasteiger partial charge in [0.1, 0.15) is 28.8 Å². The minimum absolute atomic E-state index is 0.0678. The van der Waals surface area contributed by atoms with Crippen LogP contribution in [0.3, 0.4) is 0 Å². The third-order valence-corrected chi connectivity index (χ3v) is 7.89. The monoisotopic (exact) mass is 416 g/mol. The lowest BCUT2D eigenvalue weighted by Crippen LogP contribution is -2.73. The van der Waals surface area contributed by atoms with Gasteiger partial charge >= 0.3 is 5.97 Å². The number of hydrogen-bond donors (Lipinski definition) is 3. The van der Waals surface area contributed by atoms with E-state index in [9.17, 15) is 20.1 Å². The molecule has 0 bridgehead atoms. The zero-order valence-electron chi connectivity index (χ0n) is 18.4. The molecule has 6 heteroatoms. The van der Waals surface area contributed by atoms with Gasteiger partial charge in [-0.2, -0.15) is 0 Å². The van der Waals surface area contributed by atoms with Crippen molar-refractivity contribution in [3.63, 3.8) is 0 Å². The van der Waals surface area contributed by atoms with Crippen molar-refractivity contribution < 1.29 is 29.6 Å². The number of allylic oxidation sites excluding steroid dienone is 1. The highest BCUT2D eigenvalue weighted by molar-refractivity contribution is 5.94. The van der Waals surface area contributed by atoms with Crippen molar-refractivity contribution in [1.29, 1.82) is 0 Å². The lowest BCUT2D eigenvalue weighted by atomic mass is 9.44. The standard InChI is InChI=1S/C24H32O6/c1-13-6-16(29-5)8-18(26)20(13)21(27)30-19-11-23(4)17-10-22(2,3)9-14(17)7-15(12-25)24(19,23)28/h6-8,14,17,19,25-26,28H,9-12H2,1-5H3. The summed E-state index contributed by atoms with van der Waals surface area (Å²) < 4.78 is 10.9. The Kier molecular flexibility index (Phi) is 4.75. The maximum Gasteiger partial charge on any atom is 0.342 e. The zero-order chi connectivity index (χ0) is 22.1. The largest absolute Gasteiger partial charge is 0.507 e. The van der Waals surface area contributed by atoms with E-state index < -0.39 is 23.1 Å². The van der Waals surface area contributed by atoms with Crippen molar-refractivity contribution in [2.75, 3.05) is 13.7 Å². The predicted octanol–water partition coefficient (Wildman–Crippen LogP) is 3.36. The van der Waals surface area contributed by atoms with E-state index in [1.165, 1.54) is 13.2 Å². The third kappa shape index (κ3) is 2.80. The smallest absolute Gasteiger partial charge is 0.342 e. The van der Waals surface area contributed by atoms with Gasteiger partial charge in [-0.05, 0) is 60.6 Å². The molecule has 3 aliphatic carbocycles. The van der Waals surface area contributed by atoms with Crippen molar-refractivity contribution in [3.8, 4) is 11.5 Å². The van der Waals surface area contributed by atoms with Crippen molar-refractivity contribution >= 4 is 5.97 Å². The van der Waals surface area contributed by atoms with Crippen LogP contribution in [-0.2, 0) is 4.74 Å². The maximum absolute atomic E-state index is 12.9. The average molecular weight is 417 g/mol. The van der Waals surface area contributed by atoms with Crippen molar-refractivity contribution in [1.82, 2.24) is 0 Å². The number of ether oxygens (including phenoxy) is 2. The molecule has 4 rings (SSSR count). The Morgan fingerprint density at radius 1 is 1.20 bits per heavy atom. The van der Waals surface area contributed by atoms with Gasteiger partial charge in [0.15, 0.2) is 0 Å². The van der Waals surface area contributed by atoms with E-state index in [0.717, 1.165) is 12.8 Å². The van der Waals surface area contributed by atoms with Crippen LogP contribution in [0.5, 0.6) is 11.5 Å². The second kappa shape index (κ2) is 6.72. The van der Waals surface area contributed by atoms with E-state index in [1.54, 1.807) is 13.0 Å². The van der Waals surface area contributed by atoms with Gasteiger partial charge in [0.05, 0.1) is 13.7 Å². The minimum atomic E-state index is -1.39. The maximum atomic E-state index is 12.9. The number of aliphatic hydroxyl groups excluding tert-OH is 1. The summed E-state index contributed by atoms with van der Waals surface area (Å²) in [5.74, 6) is 0.143. The molecular formula is C24H32O6. The number of carbonyl (C=O) groups excluding carboxylic acids is 1. The fourth-order valence-corrected chi connectivity index (χ4v) is 6.41. The first kappa shape index (κ1) is 21.2. The number of hydrogen-bond acceptors (Lipinski definition) is 6. The summed E-state index contributed by atoms with van der Waals surface area (Å²) in [4.78, 5) is 12.9. The van der Waals surface area contributed by atoms with Crippen LogP contribution in [0.25, 0.3) is 0 Å². The Bertz CT molecular complexity index is 895. The van der Waals surface area contributed by atoms with Crippen LogP contribution >= 0.6 is 0 Å². The Morgan fingerprint density at radius 2 is 1.90 bits per heavy atom. The fraction of sp³-hybridized carbons (Fsp3) is 0.625. The molecule has 0 amide bonds. The lowest BCUT2D eigenvalue weighted by Gasteiger charge is -2.65. The molecule has 30 heavy (non-hydrogen) atoms. The SMILES string of the molecule is COc1cc(C)c(C(=O)OC2CC3(C)C4CC(C)(C)CC4C=C(CO)C23O)c(O)c1. The molecule has 3 aliphatic rings. The van der Waals surface area contributed by atoms with Crippen molar-refractivity contribution in [3.05, 3.63) is 34.9 Å². The summed E-state index contributed by atoms with van der Waals surface area (Å²) in [6.45, 7) is 7.96. The number of phenolic OH excluding ortho intramolecular Hbond substituents is 1. The first-order valence-corrected chi connectivity index (χ1v) is 10.6. The van der Waals surface area contributed by atoms with E-state index >= 15 is 0 Å². The molecule has 1 aromatic rings. The molecule has 3 N–H and O–H groups in total. The van der Waals surface area contributed by atoms with E-state index in [1.807, 2.05) is 6.08 Å². The van der Waals surface area contributed by atoms with E-state index in [-0.39, 0.29) is 29.3 Å². The normalized spacial score (nSPS) is 36.2. The second-order valence-electron chi connectivity index (χ2n) is 10.3. The van der Waals surface area contributed by atoms with Gasteiger partial charge in [-0.3, -0.25) is 0 Å². The lowest BCUT2D eigenvalue weighted by molar-refractivity contribution is -0.250. The Morgan fingerprint density at radius 3 is 2.50 bits per heavy atom. The van der Waals surface area contributed by atoms with Gasteiger partial charge in [-0.1, -0.05) is 26.8 Å². The molecule has 2 saturated carbocycles. The molecule has 5 unspecified atom stereocenters. The predicted molar refractivity (Wildman–Crippen MR) is 111 cm³/mol. The molecular weight excluding hydrogens is 384 g/mol. The molecule has 6 nitrogen and oxygen atoms in total. The van der Waals surface area contributed by atoms with Gasteiger partial charge < -0.3 is 24.8 Å². The number of aromatic hydroxyl groups is 1. The number of benzene rings is 1. The number of aliphatic hydroxyl groups is 2. The van der Waals surface area contributed by atoms with Crippen molar-refractivity contribution in [2.24, 2.45) is 22.7 Å². The number of carbonyl (C=O) groups is 1. The summed E-state index contributed by atoms with van der Waals surface area (Å²) in [5, 5.41) is 32.1. The summed E-state index contributed by atoms with van der Waals surface area (Å²) >= 11 is 0. The van der Waals surface area contributed by atoms with Gasteiger partial charge in [-0.25, -0.2) is 4.79 Å². The Hall–Kier alpha value is -2.05. The number of methoxy groups -OCH3 is 1. The number of rotatable bonds is 4. The van der Waals surface area contributed by atoms with Gasteiger partial charge in [0.2, 0.25) is 0 Å². The molecule has 5 atom stereocenters. The first-order chi connectivity index (χ1) is 14.0. The molecule has 0 spiro atoms. The summed E-state index contributed by atoms with van der Waals surface area (Å²) in [5.41, 5.74) is -0.532. The number of phenols is 1.